The third-order valence-electron chi connectivity index (χ3n) is 5.09. The Morgan fingerprint density at radius 1 is 1.30 bits per heavy atom. The number of hydrogen-bond donors (Lipinski definition) is 1. The van der Waals surface area contributed by atoms with Crippen LogP contribution in [0, 0.1) is 11.8 Å². The van der Waals surface area contributed by atoms with E-state index in [9.17, 15) is 0 Å². The minimum atomic E-state index is 0.195. The Labute approximate surface area is 134 Å². The Morgan fingerprint density at radius 2 is 2.05 bits per heavy atom. The van der Waals surface area contributed by atoms with Crippen LogP contribution in [0.3, 0.4) is 0 Å². The van der Waals surface area contributed by atoms with Crippen LogP contribution in [0.25, 0.3) is 0 Å². The van der Waals surface area contributed by atoms with Crippen LogP contribution >= 0.6 is 27.3 Å². The monoisotopic (exact) mass is 356 g/mol. The fourth-order valence-corrected chi connectivity index (χ4v) is 5.83. The first-order chi connectivity index (χ1) is 9.65. The lowest BCUT2D eigenvalue weighted by molar-refractivity contribution is 0.0505. The van der Waals surface area contributed by atoms with Gasteiger partial charge in [-0.05, 0) is 60.1 Å². The number of nitrogens with zero attached hydrogens (tertiary/aromatic N) is 1. The van der Waals surface area contributed by atoms with E-state index in [1.54, 1.807) is 0 Å². The molecule has 0 bridgehead atoms. The van der Waals surface area contributed by atoms with E-state index in [-0.39, 0.29) is 6.04 Å². The quantitative estimate of drug-likeness (QED) is 0.868. The lowest BCUT2D eigenvalue weighted by atomic mass is 9.74. The summed E-state index contributed by atoms with van der Waals surface area (Å²) in [4.78, 5) is 4.08. The predicted octanol–water partition coefficient (Wildman–Crippen LogP) is 4.41. The van der Waals surface area contributed by atoms with Crippen molar-refractivity contribution in [3.63, 3.8) is 0 Å². The van der Waals surface area contributed by atoms with Gasteiger partial charge < -0.3 is 5.73 Å². The molecule has 2 N–H and O–H groups in total. The van der Waals surface area contributed by atoms with Crippen LogP contribution in [0.15, 0.2) is 15.9 Å². The molecular formula is C16H25BrN2S. The van der Waals surface area contributed by atoms with Crippen LogP contribution in [-0.2, 0) is 0 Å². The first-order valence-corrected chi connectivity index (χ1v) is 9.56. The summed E-state index contributed by atoms with van der Waals surface area (Å²) in [5, 5.41) is 2.18. The molecule has 2 nitrogen and oxygen atoms in total. The molecule has 1 saturated heterocycles. The number of likely N-dealkylation sites (tertiary alicyclic amines) is 1. The normalized spacial score (nSPS) is 30.8. The smallest absolute Gasteiger partial charge is 0.0591 e. The van der Waals surface area contributed by atoms with Crippen molar-refractivity contribution in [3.05, 3.63) is 20.8 Å². The fraction of sp³-hybridized carbons (Fsp3) is 0.750. The zero-order valence-electron chi connectivity index (χ0n) is 12.2. The van der Waals surface area contributed by atoms with Crippen molar-refractivity contribution < 1.29 is 0 Å². The van der Waals surface area contributed by atoms with Crippen molar-refractivity contribution in [2.45, 2.75) is 51.1 Å². The van der Waals surface area contributed by atoms with Gasteiger partial charge in [0.25, 0.3) is 0 Å². The molecular weight excluding hydrogens is 332 g/mol. The van der Waals surface area contributed by atoms with Gasteiger partial charge in [0.05, 0.1) is 6.04 Å². The summed E-state index contributed by atoms with van der Waals surface area (Å²) in [5.74, 6) is 1.91. The van der Waals surface area contributed by atoms with E-state index in [0.717, 1.165) is 11.8 Å². The van der Waals surface area contributed by atoms with Crippen LogP contribution in [0.5, 0.6) is 0 Å². The number of halogens is 1. The second kappa shape index (κ2) is 6.47. The molecule has 2 fully saturated rings. The standard InChI is InChI=1S/C16H25BrN2S/c1-11(18)16(15-8-14(17)10-20-15)19-7-6-12-4-2-3-5-13(12)9-19/h8,10-13,16H,2-7,9,18H2,1H3. The maximum atomic E-state index is 6.33. The Bertz CT molecular complexity index is 445. The predicted molar refractivity (Wildman–Crippen MR) is 90.0 cm³/mol. The topological polar surface area (TPSA) is 29.3 Å². The molecule has 1 saturated carbocycles. The molecule has 4 unspecified atom stereocenters. The van der Waals surface area contributed by atoms with Gasteiger partial charge >= 0.3 is 0 Å². The van der Waals surface area contributed by atoms with Crippen molar-refractivity contribution in [2.24, 2.45) is 17.6 Å². The molecule has 4 heteroatoms. The van der Waals surface area contributed by atoms with Gasteiger partial charge in [0, 0.05) is 27.3 Å². The van der Waals surface area contributed by atoms with E-state index in [2.05, 4.69) is 39.2 Å². The molecule has 0 radical (unpaired) electrons. The molecule has 2 heterocycles. The molecule has 1 aliphatic carbocycles. The summed E-state index contributed by atoms with van der Waals surface area (Å²) in [5.41, 5.74) is 6.33. The van der Waals surface area contributed by atoms with Crippen molar-refractivity contribution in [1.29, 1.82) is 0 Å². The van der Waals surface area contributed by atoms with Gasteiger partial charge in [0.1, 0.15) is 0 Å². The van der Waals surface area contributed by atoms with Crippen molar-refractivity contribution >= 4 is 27.3 Å². The van der Waals surface area contributed by atoms with E-state index < -0.39 is 0 Å². The average Bonchev–Trinajstić information content (AvgIpc) is 2.85. The van der Waals surface area contributed by atoms with Gasteiger partial charge in [-0.3, -0.25) is 4.90 Å². The molecule has 1 aliphatic heterocycles. The maximum absolute atomic E-state index is 6.33. The lowest BCUT2D eigenvalue weighted by Gasteiger charge is -2.45. The highest BCUT2D eigenvalue weighted by atomic mass is 79.9. The Hall–Kier alpha value is 0.1000. The molecule has 0 amide bonds. The van der Waals surface area contributed by atoms with Crippen LogP contribution in [0.4, 0.5) is 0 Å². The van der Waals surface area contributed by atoms with Gasteiger partial charge in [0.15, 0.2) is 0 Å². The van der Waals surface area contributed by atoms with E-state index in [4.69, 9.17) is 5.73 Å². The van der Waals surface area contributed by atoms with E-state index in [1.165, 1.54) is 54.5 Å². The largest absolute Gasteiger partial charge is 0.326 e. The summed E-state index contributed by atoms with van der Waals surface area (Å²) in [6.45, 7) is 4.64. The van der Waals surface area contributed by atoms with E-state index in [1.807, 2.05) is 11.3 Å². The summed E-state index contributed by atoms with van der Waals surface area (Å²) in [7, 11) is 0. The second-order valence-corrected chi connectivity index (χ2v) is 8.42. The Kier molecular flexibility index (Phi) is 4.86. The number of piperidine rings is 1. The molecule has 4 atom stereocenters. The molecule has 2 aliphatic rings. The highest BCUT2D eigenvalue weighted by Crippen LogP contribution is 2.40. The molecule has 1 aromatic heterocycles. The number of fused-ring (bicyclic) bond motifs is 1. The summed E-state index contributed by atoms with van der Waals surface area (Å²) >= 11 is 5.42. The fourth-order valence-electron chi connectivity index (χ4n) is 4.14. The Morgan fingerprint density at radius 3 is 2.70 bits per heavy atom. The Balaban J connectivity index is 1.75. The molecule has 0 aromatic carbocycles. The molecule has 1 aromatic rings. The number of nitrogens with two attached hydrogens (primary N) is 1. The SMILES string of the molecule is CC(N)C(c1cc(Br)cs1)N1CCC2CCCCC2C1. The van der Waals surface area contributed by atoms with Crippen LogP contribution in [-0.4, -0.2) is 24.0 Å². The van der Waals surface area contributed by atoms with Gasteiger partial charge in [-0.2, -0.15) is 0 Å². The average molecular weight is 357 g/mol. The third-order valence-corrected chi connectivity index (χ3v) is 6.86. The summed E-state index contributed by atoms with van der Waals surface area (Å²) < 4.78 is 1.19. The highest BCUT2D eigenvalue weighted by molar-refractivity contribution is 9.10. The van der Waals surface area contributed by atoms with Crippen molar-refractivity contribution in [3.8, 4) is 0 Å². The van der Waals surface area contributed by atoms with Crippen molar-refractivity contribution in [1.82, 2.24) is 4.90 Å². The molecule has 112 valence electrons. The van der Waals surface area contributed by atoms with Gasteiger partial charge in [0.2, 0.25) is 0 Å². The highest BCUT2D eigenvalue weighted by Gasteiger charge is 2.35. The molecule has 0 spiro atoms. The van der Waals surface area contributed by atoms with Crippen LogP contribution < -0.4 is 5.73 Å². The number of hydrogen-bond acceptors (Lipinski definition) is 3. The van der Waals surface area contributed by atoms with Crippen LogP contribution in [0.2, 0.25) is 0 Å². The third kappa shape index (κ3) is 3.13. The van der Waals surface area contributed by atoms with Gasteiger partial charge in [-0.15, -0.1) is 11.3 Å². The first kappa shape index (κ1) is 15.0. The zero-order valence-corrected chi connectivity index (χ0v) is 14.6. The minimum Gasteiger partial charge on any atom is -0.326 e. The minimum absolute atomic E-state index is 0.195. The van der Waals surface area contributed by atoms with E-state index >= 15 is 0 Å². The molecule has 20 heavy (non-hydrogen) atoms. The number of rotatable bonds is 3. The summed E-state index contributed by atoms with van der Waals surface area (Å²) in [6.07, 6.45) is 7.16. The zero-order chi connectivity index (χ0) is 14.1. The number of thiophene rings is 1. The van der Waals surface area contributed by atoms with Gasteiger partial charge in [-0.25, -0.2) is 0 Å². The maximum Gasteiger partial charge on any atom is 0.0591 e. The second-order valence-electron chi connectivity index (χ2n) is 6.56. The summed E-state index contributed by atoms with van der Waals surface area (Å²) in [6, 6.07) is 2.85. The molecule has 3 rings (SSSR count). The van der Waals surface area contributed by atoms with Crippen LogP contribution in [0.1, 0.15) is 49.9 Å². The lowest BCUT2D eigenvalue weighted by Crippen LogP contribution is -2.47. The van der Waals surface area contributed by atoms with E-state index in [0.29, 0.717) is 6.04 Å². The van der Waals surface area contributed by atoms with Crippen molar-refractivity contribution in [2.75, 3.05) is 13.1 Å². The van der Waals surface area contributed by atoms with Gasteiger partial charge in [-0.1, -0.05) is 19.3 Å². The first-order valence-electron chi connectivity index (χ1n) is 7.88.